The van der Waals surface area contributed by atoms with E-state index in [0.717, 1.165) is 48.6 Å². The molecule has 0 saturated heterocycles. The number of benzene rings is 1. The lowest BCUT2D eigenvalue weighted by Gasteiger charge is -2.05. The molecule has 1 aromatic carbocycles. The quantitative estimate of drug-likeness (QED) is 0.469. The predicted octanol–water partition coefficient (Wildman–Crippen LogP) is 3.70. The number of nitrogens with zero attached hydrogens (tertiary/aromatic N) is 5. The molecule has 0 bridgehead atoms. The molecule has 3 aromatic heterocycles. The van der Waals surface area contributed by atoms with Crippen LogP contribution < -0.4 is 5.32 Å². The summed E-state index contributed by atoms with van der Waals surface area (Å²) in [5, 5.41) is 12.8. The Morgan fingerprint density at radius 1 is 0.931 bits per heavy atom. The van der Waals surface area contributed by atoms with E-state index in [9.17, 15) is 0 Å². The first-order valence-electron chi connectivity index (χ1n) is 9.95. The molecule has 1 N–H and O–H groups in total. The van der Waals surface area contributed by atoms with Crippen LogP contribution in [0.4, 0.5) is 0 Å². The second-order valence-corrected chi connectivity index (χ2v) is 7.21. The van der Waals surface area contributed by atoms with Gasteiger partial charge in [0.15, 0.2) is 0 Å². The fourth-order valence-electron chi connectivity index (χ4n) is 3.50. The summed E-state index contributed by atoms with van der Waals surface area (Å²) in [5.74, 6) is 0. The number of aryl methyl sites for hydroxylation is 3. The normalized spacial score (nSPS) is 11.1. The van der Waals surface area contributed by atoms with Crippen molar-refractivity contribution in [1.29, 1.82) is 0 Å². The number of pyridine rings is 1. The standard InChI is InChI=1S/C23H26N6/c1-18-20(17-29(26-18)22-8-4-3-5-9-22)7-6-12-25-15-21-16-28(2)27-23(21)19-10-13-24-14-11-19/h3-5,8-11,13-14,16-17,25H,6-7,12,15H2,1-2H3. The van der Waals surface area contributed by atoms with Gasteiger partial charge in [-0.15, -0.1) is 0 Å². The van der Waals surface area contributed by atoms with Crippen LogP contribution in [-0.4, -0.2) is 31.1 Å². The molecule has 29 heavy (non-hydrogen) atoms. The molecule has 6 nitrogen and oxygen atoms in total. The summed E-state index contributed by atoms with van der Waals surface area (Å²) < 4.78 is 3.84. The first kappa shape index (κ1) is 19.1. The van der Waals surface area contributed by atoms with Crippen molar-refractivity contribution in [2.24, 2.45) is 7.05 Å². The van der Waals surface area contributed by atoms with Crippen molar-refractivity contribution in [2.45, 2.75) is 26.3 Å². The number of nitrogens with one attached hydrogen (secondary N) is 1. The van der Waals surface area contributed by atoms with E-state index in [1.165, 1.54) is 11.1 Å². The Labute approximate surface area is 171 Å². The summed E-state index contributed by atoms with van der Waals surface area (Å²) in [7, 11) is 1.96. The van der Waals surface area contributed by atoms with E-state index in [1.54, 1.807) is 12.4 Å². The lowest BCUT2D eigenvalue weighted by molar-refractivity contribution is 0.648. The Morgan fingerprint density at radius 3 is 2.52 bits per heavy atom. The Balaban J connectivity index is 1.31. The van der Waals surface area contributed by atoms with Crippen LogP contribution in [0, 0.1) is 6.92 Å². The summed E-state index contributed by atoms with van der Waals surface area (Å²) in [5.41, 5.74) is 6.81. The number of para-hydroxylation sites is 1. The second-order valence-electron chi connectivity index (χ2n) is 7.21. The molecule has 4 rings (SSSR count). The summed E-state index contributed by atoms with van der Waals surface area (Å²) in [6, 6.07) is 14.2. The average molecular weight is 387 g/mol. The molecule has 0 fully saturated rings. The third-order valence-corrected chi connectivity index (χ3v) is 4.99. The Kier molecular flexibility index (Phi) is 5.81. The van der Waals surface area contributed by atoms with Crippen molar-refractivity contribution >= 4 is 0 Å². The number of aromatic nitrogens is 5. The van der Waals surface area contributed by atoms with Gasteiger partial charge in [-0.2, -0.15) is 10.2 Å². The summed E-state index contributed by atoms with van der Waals surface area (Å²) in [6.07, 6.45) is 9.91. The van der Waals surface area contributed by atoms with E-state index < -0.39 is 0 Å². The van der Waals surface area contributed by atoms with Crippen molar-refractivity contribution in [3.05, 3.63) is 84.1 Å². The molecule has 4 aromatic rings. The monoisotopic (exact) mass is 386 g/mol. The third kappa shape index (κ3) is 4.60. The van der Waals surface area contributed by atoms with Crippen molar-refractivity contribution in [1.82, 2.24) is 29.9 Å². The zero-order chi connectivity index (χ0) is 20.1. The highest BCUT2D eigenvalue weighted by Crippen LogP contribution is 2.21. The highest BCUT2D eigenvalue weighted by molar-refractivity contribution is 5.61. The first-order valence-corrected chi connectivity index (χ1v) is 9.95. The van der Waals surface area contributed by atoms with Gasteiger partial charge in [-0.1, -0.05) is 18.2 Å². The largest absolute Gasteiger partial charge is 0.313 e. The van der Waals surface area contributed by atoms with Crippen LogP contribution in [-0.2, 0) is 20.0 Å². The van der Waals surface area contributed by atoms with Gasteiger partial charge in [0.05, 0.1) is 17.1 Å². The Hall–Kier alpha value is -3.25. The average Bonchev–Trinajstić information content (AvgIpc) is 3.31. The summed E-state index contributed by atoms with van der Waals surface area (Å²) in [4.78, 5) is 4.09. The molecule has 0 aliphatic heterocycles. The minimum absolute atomic E-state index is 0.799. The fourth-order valence-corrected chi connectivity index (χ4v) is 3.50. The minimum atomic E-state index is 0.799. The zero-order valence-electron chi connectivity index (χ0n) is 16.9. The molecule has 0 atom stereocenters. The number of hydrogen-bond acceptors (Lipinski definition) is 4. The first-order chi connectivity index (χ1) is 14.2. The van der Waals surface area contributed by atoms with Crippen molar-refractivity contribution < 1.29 is 0 Å². The summed E-state index contributed by atoms with van der Waals surface area (Å²) >= 11 is 0. The zero-order valence-corrected chi connectivity index (χ0v) is 16.9. The molecule has 3 heterocycles. The van der Waals surface area contributed by atoms with Gasteiger partial charge in [-0.05, 0) is 56.1 Å². The molecule has 0 unspecified atom stereocenters. The van der Waals surface area contributed by atoms with Crippen molar-refractivity contribution in [3.63, 3.8) is 0 Å². The number of hydrogen-bond donors (Lipinski definition) is 1. The van der Waals surface area contributed by atoms with Gasteiger partial charge >= 0.3 is 0 Å². The van der Waals surface area contributed by atoms with Gasteiger partial charge < -0.3 is 5.32 Å². The van der Waals surface area contributed by atoms with Gasteiger partial charge in [0.2, 0.25) is 0 Å². The maximum absolute atomic E-state index is 4.66. The van der Waals surface area contributed by atoms with E-state index >= 15 is 0 Å². The minimum Gasteiger partial charge on any atom is -0.313 e. The molecule has 0 amide bonds. The van der Waals surface area contributed by atoms with Gasteiger partial charge in [0, 0.05) is 49.5 Å². The Morgan fingerprint density at radius 2 is 1.72 bits per heavy atom. The number of rotatable bonds is 8. The lowest BCUT2D eigenvalue weighted by atomic mass is 10.1. The maximum atomic E-state index is 4.66. The van der Waals surface area contributed by atoms with Crippen molar-refractivity contribution in [2.75, 3.05) is 6.54 Å². The molecule has 0 aliphatic rings. The van der Waals surface area contributed by atoms with Crippen LogP contribution >= 0.6 is 0 Å². The molecule has 0 aliphatic carbocycles. The smallest absolute Gasteiger partial charge is 0.0969 e. The lowest BCUT2D eigenvalue weighted by Crippen LogP contribution is -2.15. The fraction of sp³-hybridized carbons (Fsp3) is 0.261. The highest BCUT2D eigenvalue weighted by atomic mass is 15.3. The van der Waals surface area contributed by atoms with Crippen LogP contribution in [0.2, 0.25) is 0 Å². The summed E-state index contributed by atoms with van der Waals surface area (Å²) in [6.45, 7) is 3.83. The van der Waals surface area contributed by atoms with Gasteiger partial charge in [-0.3, -0.25) is 9.67 Å². The highest BCUT2D eigenvalue weighted by Gasteiger charge is 2.10. The predicted molar refractivity (Wildman–Crippen MR) is 115 cm³/mol. The Bertz CT molecular complexity index is 1050. The van der Waals surface area contributed by atoms with Gasteiger partial charge in [0.25, 0.3) is 0 Å². The van der Waals surface area contributed by atoms with Crippen LogP contribution in [0.1, 0.15) is 23.2 Å². The van der Waals surface area contributed by atoms with Crippen molar-refractivity contribution in [3.8, 4) is 16.9 Å². The van der Waals surface area contributed by atoms with Crippen LogP contribution in [0.5, 0.6) is 0 Å². The van der Waals surface area contributed by atoms with Crippen LogP contribution in [0.15, 0.2) is 67.3 Å². The van der Waals surface area contributed by atoms with Gasteiger partial charge in [0.1, 0.15) is 0 Å². The molecule has 0 spiro atoms. The molecule has 0 radical (unpaired) electrons. The molecular weight excluding hydrogens is 360 g/mol. The molecule has 0 saturated carbocycles. The maximum Gasteiger partial charge on any atom is 0.0969 e. The molecule has 6 heteroatoms. The van der Waals surface area contributed by atoms with Gasteiger partial charge in [-0.25, -0.2) is 4.68 Å². The van der Waals surface area contributed by atoms with E-state index in [-0.39, 0.29) is 0 Å². The van der Waals surface area contributed by atoms with E-state index in [1.807, 2.05) is 46.7 Å². The third-order valence-electron chi connectivity index (χ3n) is 4.99. The van der Waals surface area contributed by atoms with E-state index in [4.69, 9.17) is 0 Å². The van der Waals surface area contributed by atoms with Crippen LogP contribution in [0.25, 0.3) is 16.9 Å². The topological polar surface area (TPSA) is 60.6 Å². The SMILES string of the molecule is Cc1nn(-c2ccccc2)cc1CCCNCc1cn(C)nc1-c1ccncc1. The van der Waals surface area contributed by atoms with E-state index in [2.05, 4.69) is 51.9 Å². The molecular formula is C23H26N6. The van der Waals surface area contributed by atoms with Crippen LogP contribution in [0.3, 0.4) is 0 Å². The van der Waals surface area contributed by atoms with E-state index in [0.29, 0.717) is 0 Å². The second kappa shape index (κ2) is 8.84. The molecule has 148 valence electrons.